The Labute approximate surface area is 180 Å². The number of anilines is 1. The Kier molecular flexibility index (Phi) is 5.74. The van der Waals surface area contributed by atoms with Gasteiger partial charge in [0.1, 0.15) is 12.1 Å². The molecule has 0 unspecified atom stereocenters. The molecule has 2 heterocycles. The zero-order valence-corrected chi connectivity index (χ0v) is 16.9. The second-order valence-electron chi connectivity index (χ2n) is 7.51. The Bertz CT molecular complexity index is 1050. The summed E-state index contributed by atoms with van der Waals surface area (Å²) >= 11 is 0. The normalized spacial score (nSPS) is 16.5. The van der Waals surface area contributed by atoms with E-state index in [1.165, 1.54) is 4.90 Å². The van der Waals surface area contributed by atoms with Gasteiger partial charge in [-0.1, -0.05) is 36.4 Å². The molecule has 2 aliphatic heterocycles. The summed E-state index contributed by atoms with van der Waals surface area (Å²) in [5, 5.41) is 2.95. The average Bonchev–Trinajstić information content (AvgIpc) is 3.19. The zero-order chi connectivity index (χ0) is 21.8. The molecule has 0 saturated carbocycles. The monoisotopic (exact) mass is 418 g/mol. The molecule has 0 aliphatic carbocycles. The minimum absolute atomic E-state index is 0.189. The number of benzene rings is 2. The molecule has 2 aromatic rings. The zero-order valence-electron chi connectivity index (χ0n) is 16.9. The van der Waals surface area contributed by atoms with Gasteiger partial charge in [-0.05, 0) is 23.6 Å². The van der Waals surface area contributed by atoms with Crippen molar-refractivity contribution in [1.29, 1.82) is 0 Å². The molecule has 2 aromatic carbocycles. The van der Waals surface area contributed by atoms with Crippen molar-refractivity contribution < 1.29 is 23.9 Å². The average molecular weight is 418 g/mol. The number of hydrogen-bond acceptors (Lipinski definition) is 5. The van der Waals surface area contributed by atoms with Crippen LogP contribution in [0.1, 0.15) is 34.3 Å². The number of rotatable bonds is 5. The highest BCUT2D eigenvalue weighted by Gasteiger charge is 2.48. The van der Waals surface area contributed by atoms with Crippen LogP contribution in [-0.4, -0.2) is 36.5 Å². The van der Waals surface area contributed by atoms with Gasteiger partial charge in [-0.25, -0.2) is 4.79 Å². The minimum Gasteiger partial charge on any atom is -0.457 e. The van der Waals surface area contributed by atoms with E-state index >= 15 is 0 Å². The summed E-state index contributed by atoms with van der Waals surface area (Å²) in [6, 6.07) is 14.5. The Balaban J connectivity index is 1.71. The molecule has 1 saturated heterocycles. The van der Waals surface area contributed by atoms with Crippen LogP contribution in [0.3, 0.4) is 0 Å². The van der Waals surface area contributed by atoms with Crippen molar-refractivity contribution in [1.82, 2.24) is 5.32 Å². The Morgan fingerprint density at radius 1 is 1.13 bits per heavy atom. The number of hydrogen-bond donors (Lipinski definition) is 1. The van der Waals surface area contributed by atoms with Crippen LogP contribution >= 0.6 is 0 Å². The summed E-state index contributed by atoms with van der Waals surface area (Å²) in [5.74, 6) is 0.721. The summed E-state index contributed by atoms with van der Waals surface area (Å²) in [7, 11) is 0. The molecular weight excluding hydrogens is 396 g/mol. The number of cyclic esters (lactones) is 1. The van der Waals surface area contributed by atoms with Gasteiger partial charge >= 0.3 is 11.9 Å². The first-order valence-electron chi connectivity index (χ1n) is 10.1. The van der Waals surface area contributed by atoms with Crippen LogP contribution in [0.4, 0.5) is 5.69 Å². The first kappa shape index (κ1) is 20.6. The van der Waals surface area contributed by atoms with E-state index in [1.807, 2.05) is 30.3 Å². The van der Waals surface area contributed by atoms with E-state index in [0.717, 1.165) is 11.1 Å². The van der Waals surface area contributed by atoms with Crippen molar-refractivity contribution in [2.24, 2.45) is 0 Å². The van der Waals surface area contributed by atoms with Crippen LogP contribution in [0.2, 0.25) is 0 Å². The summed E-state index contributed by atoms with van der Waals surface area (Å²) in [5.41, 5.74) is 1.20. The van der Waals surface area contributed by atoms with Crippen LogP contribution in [0.5, 0.6) is 0 Å². The van der Waals surface area contributed by atoms with Gasteiger partial charge in [0.05, 0.1) is 5.56 Å². The molecule has 1 N–H and O–H groups in total. The predicted octanol–water partition coefficient (Wildman–Crippen LogP) is 2.19. The van der Waals surface area contributed by atoms with Crippen molar-refractivity contribution in [3.8, 4) is 12.3 Å². The number of carbonyl (C=O) groups excluding carboxylic acids is 3. The van der Waals surface area contributed by atoms with Crippen molar-refractivity contribution in [3.63, 3.8) is 0 Å². The van der Waals surface area contributed by atoms with E-state index in [4.69, 9.17) is 15.9 Å². The molecule has 7 heteroatoms. The van der Waals surface area contributed by atoms with Gasteiger partial charge in [0.15, 0.2) is 0 Å². The van der Waals surface area contributed by atoms with Crippen LogP contribution in [0.25, 0.3) is 0 Å². The van der Waals surface area contributed by atoms with E-state index in [2.05, 4.69) is 11.2 Å². The van der Waals surface area contributed by atoms with Crippen LogP contribution in [0, 0.1) is 12.3 Å². The van der Waals surface area contributed by atoms with Gasteiger partial charge in [-0.15, -0.1) is 6.42 Å². The minimum atomic E-state index is -1.23. The highest BCUT2D eigenvalue weighted by atomic mass is 16.5. The van der Waals surface area contributed by atoms with Gasteiger partial charge in [0.25, 0.3) is 0 Å². The maximum Gasteiger partial charge on any atom is 0.338 e. The lowest BCUT2D eigenvalue weighted by Crippen LogP contribution is -2.63. The fraction of sp³-hybridized carbons (Fsp3) is 0.292. The van der Waals surface area contributed by atoms with E-state index in [0.29, 0.717) is 31.0 Å². The number of terminal acetylenes is 1. The highest BCUT2D eigenvalue weighted by Crippen LogP contribution is 2.35. The van der Waals surface area contributed by atoms with Crippen LogP contribution < -0.4 is 10.2 Å². The number of ether oxygens (including phenoxy) is 2. The first-order chi connectivity index (χ1) is 15.0. The molecule has 7 nitrogen and oxygen atoms in total. The first-order valence-corrected chi connectivity index (χ1v) is 10.1. The molecule has 0 spiro atoms. The summed E-state index contributed by atoms with van der Waals surface area (Å²) < 4.78 is 10.6. The number of amides is 2. The third-order valence-electron chi connectivity index (χ3n) is 5.72. The highest BCUT2D eigenvalue weighted by molar-refractivity contribution is 6.11. The quantitative estimate of drug-likeness (QED) is 0.594. The Morgan fingerprint density at radius 3 is 2.58 bits per heavy atom. The standard InChI is InChI=1S/C24H22N2O5/c1-2-21(27)26(19-9-8-18-16-31-22(28)20(18)14-19)24(10-12-30-13-11-24)23(29)25-15-17-6-4-3-5-7-17/h1,3-9,14H,10-13,15-16H2,(H,25,29). The van der Waals surface area contributed by atoms with Gasteiger partial charge < -0.3 is 14.8 Å². The number of fused-ring (bicyclic) bond motifs is 1. The smallest absolute Gasteiger partial charge is 0.338 e. The second kappa shape index (κ2) is 8.62. The topological polar surface area (TPSA) is 84.9 Å². The molecule has 1 fully saturated rings. The van der Waals surface area contributed by atoms with Crippen LogP contribution in [-0.2, 0) is 32.2 Å². The predicted molar refractivity (Wildman–Crippen MR) is 113 cm³/mol. The third-order valence-corrected chi connectivity index (χ3v) is 5.72. The summed E-state index contributed by atoms with van der Waals surface area (Å²) in [4.78, 5) is 39.8. The molecule has 0 radical (unpaired) electrons. The molecule has 158 valence electrons. The van der Waals surface area contributed by atoms with Gasteiger partial charge in [-0.2, -0.15) is 0 Å². The number of nitrogens with one attached hydrogen (secondary N) is 1. The van der Waals surface area contributed by atoms with Crippen molar-refractivity contribution in [2.45, 2.75) is 31.5 Å². The van der Waals surface area contributed by atoms with Crippen molar-refractivity contribution in [3.05, 3.63) is 65.2 Å². The van der Waals surface area contributed by atoms with Crippen molar-refractivity contribution >= 4 is 23.5 Å². The molecular formula is C24H22N2O5. The fourth-order valence-corrected chi connectivity index (χ4v) is 4.07. The molecule has 0 atom stereocenters. The van der Waals surface area contributed by atoms with Gasteiger partial charge in [0, 0.05) is 43.9 Å². The molecule has 31 heavy (non-hydrogen) atoms. The lowest BCUT2D eigenvalue weighted by atomic mass is 9.85. The maximum atomic E-state index is 13.5. The largest absolute Gasteiger partial charge is 0.457 e. The molecule has 2 aliphatic rings. The number of carbonyl (C=O) groups is 3. The molecule has 0 aromatic heterocycles. The van der Waals surface area contributed by atoms with Crippen molar-refractivity contribution in [2.75, 3.05) is 18.1 Å². The Morgan fingerprint density at radius 2 is 1.87 bits per heavy atom. The lowest BCUT2D eigenvalue weighted by molar-refractivity contribution is -0.133. The Hall–Kier alpha value is -3.63. The number of nitrogens with zero attached hydrogens (tertiary/aromatic N) is 1. The fourth-order valence-electron chi connectivity index (χ4n) is 4.07. The molecule has 4 rings (SSSR count). The van der Waals surface area contributed by atoms with Crippen LogP contribution in [0.15, 0.2) is 48.5 Å². The van der Waals surface area contributed by atoms with E-state index in [9.17, 15) is 14.4 Å². The molecule has 2 amide bonds. The maximum absolute atomic E-state index is 13.5. The second-order valence-corrected chi connectivity index (χ2v) is 7.51. The van der Waals surface area contributed by atoms with Gasteiger partial charge in [0.2, 0.25) is 5.91 Å². The summed E-state index contributed by atoms with van der Waals surface area (Å²) in [6.07, 6.45) is 6.05. The molecule has 0 bridgehead atoms. The lowest BCUT2D eigenvalue weighted by Gasteiger charge is -2.44. The van der Waals surface area contributed by atoms with Gasteiger partial charge in [-0.3, -0.25) is 14.5 Å². The summed E-state index contributed by atoms with van der Waals surface area (Å²) in [6.45, 7) is 1.12. The van der Waals surface area contributed by atoms with E-state index in [-0.39, 0.29) is 25.4 Å². The van der Waals surface area contributed by atoms with E-state index < -0.39 is 17.4 Å². The van der Waals surface area contributed by atoms with E-state index in [1.54, 1.807) is 18.2 Å². The SMILES string of the molecule is C#CC(=O)N(c1ccc2c(c1)C(=O)OC2)C1(C(=O)NCc2ccccc2)CCOCC1. The number of esters is 1. The third kappa shape index (κ3) is 3.90.